The maximum atomic E-state index is 6.10. The molecule has 1 spiro atoms. The molecule has 1 atom stereocenters. The van der Waals surface area contributed by atoms with Gasteiger partial charge in [0.05, 0.1) is 5.69 Å². The van der Waals surface area contributed by atoms with Gasteiger partial charge in [-0.25, -0.2) is 5.12 Å². The Morgan fingerprint density at radius 1 is 1.17 bits per heavy atom. The van der Waals surface area contributed by atoms with Crippen molar-refractivity contribution in [3.8, 4) is 0 Å². The monoisotopic (exact) mass is 314 g/mol. The predicted molar refractivity (Wildman–Crippen MR) is 89.1 cm³/mol. The number of nitrogens with one attached hydrogen (secondary N) is 2. The molecule has 2 N–H and O–H groups in total. The van der Waals surface area contributed by atoms with E-state index in [0.29, 0.717) is 5.92 Å². The number of benzene rings is 1. The predicted octanol–water partition coefficient (Wildman–Crippen LogP) is 2.34. The molecule has 2 heterocycles. The zero-order chi connectivity index (χ0) is 15.4. The van der Waals surface area contributed by atoms with Crippen molar-refractivity contribution in [1.82, 2.24) is 15.9 Å². The molecule has 5 nitrogen and oxygen atoms in total. The molecule has 23 heavy (non-hydrogen) atoms. The molecule has 1 aromatic carbocycles. The Bertz CT molecular complexity index is 613. The molecule has 124 valence electrons. The van der Waals surface area contributed by atoms with E-state index >= 15 is 0 Å². The first-order chi connectivity index (χ1) is 11.2. The molecule has 5 aliphatic rings. The molecule has 2 bridgehead atoms. The van der Waals surface area contributed by atoms with Crippen LogP contribution in [0.4, 0.5) is 5.69 Å². The molecule has 1 aromatic rings. The van der Waals surface area contributed by atoms with Crippen LogP contribution in [0.1, 0.15) is 43.2 Å². The second-order valence-corrected chi connectivity index (χ2v) is 7.89. The molecular formula is C18H26N4O. The van der Waals surface area contributed by atoms with Crippen LogP contribution in [0, 0.1) is 11.8 Å². The van der Waals surface area contributed by atoms with Crippen LogP contribution in [0.2, 0.25) is 0 Å². The van der Waals surface area contributed by atoms with E-state index in [1.165, 1.54) is 36.8 Å². The van der Waals surface area contributed by atoms with Crippen molar-refractivity contribution in [3.63, 3.8) is 0 Å². The molecule has 0 amide bonds. The average Bonchev–Trinajstić information content (AvgIpc) is 2.99. The molecule has 4 fully saturated rings. The third-order valence-electron chi connectivity index (χ3n) is 6.37. The van der Waals surface area contributed by atoms with Gasteiger partial charge in [-0.2, -0.15) is 5.43 Å². The Kier molecular flexibility index (Phi) is 3.20. The van der Waals surface area contributed by atoms with Crippen molar-refractivity contribution in [3.05, 3.63) is 29.3 Å². The normalized spacial score (nSPS) is 36.7. The van der Waals surface area contributed by atoms with E-state index < -0.39 is 0 Å². The summed E-state index contributed by atoms with van der Waals surface area (Å²) in [7, 11) is 2.19. The van der Waals surface area contributed by atoms with Gasteiger partial charge in [-0.05, 0) is 74.8 Å². The Morgan fingerprint density at radius 3 is 2.83 bits per heavy atom. The molecule has 1 saturated heterocycles. The lowest BCUT2D eigenvalue weighted by Gasteiger charge is -2.47. The highest BCUT2D eigenvalue weighted by Gasteiger charge is 2.53. The number of hydrazine groups is 2. The Hall–Kier alpha value is -1.14. The van der Waals surface area contributed by atoms with Crippen LogP contribution in [-0.2, 0) is 17.8 Å². The maximum Gasteiger partial charge on any atom is 0.163 e. The van der Waals surface area contributed by atoms with Gasteiger partial charge in [0.2, 0.25) is 0 Å². The molecule has 2 aliphatic heterocycles. The SMILES string of the molecule is CN1CCc2cc(N3NOC4(CC5CCC4CC5)N3)ccc2C1. The van der Waals surface area contributed by atoms with Crippen LogP contribution in [0.25, 0.3) is 0 Å². The van der Waals surface area contributed by atoms with Crippen molar-refractivity contribution in [1.29, 1.82) is 0 Å². The largest absolute Gasteiger partial charge is 0.302 e. The second kappa shape index (κ2) is 5.18. The average molecular weight is 314 g/mol. The summed E-state index contributed by atoms with van der Waals surface area (Å²) in [5.74, 6) is 1.46. The highest BCUT2D eigenvalue weighted by Crippen LogP contribution is 2.49. The molecule has 0 radical (unpaired) electrons. The van der Waals surface area contributed by atoms with Crippen molar-refractivity contribution < 1.29 is 4.84 Å². The highest BCUT2D eigenvalue weighted by atomic mass is 16.7. The third kappa shape index (κ3) is 2.30. The smallest absolute Gasteiger partial charge is 0.163 e. The summed E-state index contributed by atoms with van der Waals surface area (Å²) in [6.07, 6.45) is 7.61. The quantitative estimate of drug-likeness (QED) is 0.832. The van der Waals surface area contributed by atoms with E-state index in [1.807, 2.05) is 5.12 Å². The minimum atomic E-state index is -0.183. The van der Waals surface area contributed by atoms with Crippen LogP contribution < -0.4 is 16.1 Å². The molecule has 5 heteroatoms. The molecular weight excluding hydrogens is 288 g/mol. The number of fused-ring (bicyclic) bond motifs is 3. The summed E-state index contributed by atoms with van der Waals surface area (Å²) in [6.45, 7) is 2.20. The summed E-state index contributed by atoms with van der Waals surface area (Å²) >= 11 is 0. The fraction of sp³-hybridized carbons (Fsp3) is 0.667. The fourth-order valence-corrected chi connectivity index (χ4v) is 4.99. The van der Waals surface area contributed by atoms with Gasteiger partial charge in [-0.15, -0.1) is 0 Å². The molecule has 0 aromatic heterocycles. The number of nitrogens with zero attached hydrogens (tertiary/aromatic N) is 2. The summed E-state index contributed by atoms with van der Waals surface area (Å²) in [4.78, 5) is 8.48. The van der Waals surface area contributed by atoms with Crippen LogP contribution >= 0.6 is 0 Å². The zero-order valence-electron chi connectivity index (χ0n) is 13.8. The number of rotatable bonds is 1. The van der Waals surface area contributed by atoms with Crippen LogP contribution in [-0.4, -0.2) is 24.2 Å². The van der Waals surface area contributed by atoms with Crippen molar-refractivity contribution in [2.45, 2.75) is 50.8 Å². The summed E-state index contributed by atoms with van der Waals surface area (Å²) < 4.78 is 0. The zero-order valence-corrected chi connectivity index (χ0v) is 13.8. The van der Waals surface area contributed by atoms with Gasteiger partial charge in [0.1, 0.15) is 0 Å². The maximum absolute atomic E-state index is 6.10. The molecule has 3 saturated carbocycles. The number of anilines is 1. The lowest BCUT2D eigenvalue weighted by molar-refractivity contribution is -0.153. The van der Waals surface area contributed by atoms with Gasteiger partial charge >= 0.3 is 0 Å². The van der Waals surface area contributed by atoms with Crippen LogP contribution in [0.3, 0.4) is 0 Å². The van der Waals surface area contributed by atoms with Gasteiger partial charge in [-0.1, -0.05) is 11.7 Å². The fourth-order valence-electron chi connectivity index (χ4n) is 4.99. The third-order valence-corrected chi connectivity index (χ3v) is 6.37. The Balaban J connectivity index is 1.37. The van der Waals surface area contributed by atoms with E-state index in [0.717, 1.165) is 37.5 Å². The highest BCUT2D eigenvalue weighted by molar-refractivity contribution is 5.50. The summed E-state index contributed by atoms with van der Waals surface area (Å²) in [6, 6.07) is 6.77. The molecule has 1 unspecified atom stereocenters. The van der Waals surface area contributed by atoms with Crippen molar-refractivity contribution in [2.24, 2.45) is 11.8 Å². The topological polar surface area (TPSA) is 39.8 Å². The van der Waals surface area contributed by atoms with E-state index in [2.05, 4.69) is 41.2 Å². The number of likely N-dealkylation sites (N-methyl/N-ethyl adjacent to an activating group) is 1. The minimum Gasteiger partial charge on any atom is -0.302 e. The van der Waals surface area contributed by atoms with E-state index in [1.54, 1.807) is 0 Å². The second-order valence-electron chi connectivity index (χ2n) is 7.89. The van der Waals surface area contributed by atoms with Gasteiger partial charge in [-0.3, -0.25) is 4.84 Å². The van der Waals surface area contributed by atoms with Crippen molar-refractivity contribution >= 4 is 5.69 Å². The summed E-state index contributed by atoms with van der Waals surface area (Å²) in [5, 5.41) is 2.00. The Morgan fingerprint density at radius 2 is 2.04 bits per heavy atom. The van der Waals surface area contributed by atoms with E-state index in [9.17, 15) is 0 Å². The van der Waals surface area contributed by atoms with Gasteiger partial charge in [0.15, 0.2) is 5.72 Å². The first-order valence-corrected chi connectivity index (χ1v) is 9.04. The summed E-state index contributed by atoms with van der Waals surface area (Å²) in [5.41, 5.74) is 10.7. The molecule has 6 rings (SSSR count). The lowest BCUT2D eigenvalue weighted by Crippen LogP contribution is -2.57. The minimum absolute atomic E-state index is 0.183. The van der Waals surface area contributed by atoms with Gasteiger partial charge < -0.3 is 4.90 Å². The van der Waals surface area contributed by atoms with Gasteiger partial charge in [0, 0.05) is 19.0 Å². The van der Waals surface area contributed by atoms with E-state index in [-0.39, 0.29) is 5.72 Å². The number of hydrogen-bond acceptors (Lipinski definition) is 5. The number of hydrogen-bond donors (Lipinski definition) is 2. The molecule has 3 aliphatic carbocycles. The standard InChI is InChI=1S/C18H26N4O/c1-21-9-8-14-10-17(7-4-15(14)12-21)22-19-18(23-20-22)11-13-2-5-16(18)6-3-13/h4,7,10,13,16,19-20H,2-3,5-6,8-9,11-12H2,1H3. The Labute approximate surface area is 137 Å². The first-order valence-electron chi connectivity index (χ1n) is 9.04. The lowest BCUT2D eigenvalue weighted by atomic mass is 9.66. The van der Waals surface area contributed by atoms with Crippen LogP contribution in [0.5, 0.6) is 0 Å². The first kappa shape index (κ1) is 14.2. The van der Waals surface area contributed by atoms with Crippen molar-refractivity contribution in [2.75, 3.05) is 18.7 Å². The van der Waals surface area contributed by atoms with Crippen LogP contribution in [0.15, 0.2) is 18.2 Å². The van der Waals surface area contributed by atoms with Gasteiger partial charge in [0.25, 0.3) is 0 Å². The van der Waals surface area contributed by atoms with E-state index in [4.69, 9.17) is 4.84 Å².